The molecule has 0 aromatic carbocycles. The molecule has 1 N–H and O–H groups in total. The second-order valence-corrected chi connectivity index (χ2v) is 2.62. The molecule has 66 valence electrons. The first-order valence-corrected chi connectivity index (χ1v) is 3.65. The van der Waals surface area contributed by atoms with Gasteiger partial charge >= 0.3 is 0 Å². The maximum Gasteiger partial charge on any atom is 0.222 e. The smallest absolute Gasteiger partial charge is 0.222 e. The fourth-order valence-corrected chi connectivity index (χ4v) is 1.10. The molecule has 0 saturated heterocycles. The average Bonchev–Trinajstić information content (AvgIpc) is 2.06. The fourth-order valence-electron chi connectivity index (χ4n) is 1.10. The molecule has 0 atom stereocenters. The maximum atomic E-state index is 12.6. The van der Waals surface area contributed by atoms with E-state index in [0.717, 1.165) is 6.07 Å². The van der Waals surface area contributed by atoms with Gasteiger partial charge in [0.15, 0.2) is 0 Å². The van der Waals surface area contributed by atoms with Gasteiger partial charge < -0.3 is 5.11 Å². The van der Waals surface area contributed by atoms with Gasteiger partial charge in [-0.15, -0.1) is 0 Å². The van der Waals surface area contributed by atoms with Gasteiger partial charge in [0.05, 0.1) is 17.1 Å². The van der Waals surface area contributed by atoms with Gasteiger partial charge in [0, 0.05) is 6.07 Å². The van der Waals surface area contributed by atoms with Crippen LogP contribution >= 0.6 is 0 Å². The number of pyridine rings is 1. The lowest BCUT2D eigenvalue weighted by atomic mass is 10.3. The zero-order chi connectivity index (χ0) is 9.42. The number of aromatic nitrogens is 3. The van der Waals surface area contributed by atoms with Crippen molar-refractivity contribution in [1.82, 2.24) is 15.0 Å². The molecule has 0 amide bonds. The highest BCUT2D eigenvalue weighted by molar-refractivity contribution is 5.82. The highest BCUT2D eigenvalue weighted by atomic mass is 19.1. The number of aromatic hydroxyl groups is 1. The van der Waals surface area contributed by atoms with Crippen molar-refractivity contribution in [3.8, 4) is 5.88 Å². The number of nitrogens with zero attached hydrogens (tertiary/aromatic N) is 3. The molecule has 0 saturated carbocycles. The Morgan fingerprint density at radius 2 is 2.15 bits per heavy atom. The molecule has 0 radical (unpaired) electrons. The van der Waals surface area contributed by atoms with E-state index in [0.29, 0.717) is 11.3 Å². The maximum absolute atomic E-state index is 12.6. The van der Waals surface area contributed by atoms with E-state index in [2.05, 4.69) is 15.0 Å². The summed E-state index contributed by atoms with van der Waals surface area (Å²) >= 11 is 0. The summed E-state index contributed by atoms with van der Waals surface area (Å²) in [5, 5.41) is 9.61. The van der Waals surface area contributed by atoms with Crippen LogP contribution in [0.4, 0.5) is 4.39 Å². The van der Waals surface area contributed by atoms with E-state index in [4.69, 9.17) is 0 Å². The van der Waals surface area contributed by atoms with Crippen LogP contribution in [0, 0.1) is 12.9 Å². The molecule has 0 aliphatic rings. The van der Waals surface area contributed by atoms with Crippen molar-refractivity contribution in [3.05, 3.63) is 24.0 Å². The van der Waals surface area contributed by atoms with Crippen LogP contribution in [0.1, 0.15) is 5.82 Å². The second-order valence-electron chi connectivity index (χ2n) is 2.62. The van der Waals surface area contributed by atoms with Gasteiger partial charge in [-0.3, -0.25) is 0 Å². The molecule has 2 aromatic rings. The Balaban J connectivity index is 2.87. The Morgan fingerprint density at radius 3 is 2.92 bits per heavy atom. The number of aryl methyl sites for hydroxylation is 1. The van der Waals surface area contributed by atoms with E-state index in [1.807, 2.05) is 0 Å². The average molecular weight is 179 g/mol. The Labute approximate surface area is 73.1 Å². The van der Waals surface area contributed by atoms with Crippen LogP contribution in [0.5, 0.6) is 5.88 Å². The molecule has 0 aliphatic carbocycles. The first kappa shape index (κ1) is 7.85. The van der Waals surface area contributed by atoms with Crippen LogP contribution in [0.25, 0.3) is 10.9 Å². The van der Waals surface area contributed by atoms with Crippen molar-refractivity contribution in [3.63, 3.8) is 0 Å². The van der Waals surface area contributed by atoms with Gasteiger partial charge in [-0.25, -0.2) is 9.97 Å². The molecule has 2 rings (SSSR count). The van der Waals surface area contributed by atoms with Crippen LogP contribution in [-0.4, -0.2) is 20.1 Å². The van der Waals surface area contributed by atoms with Crippen molar-refractivity contribution in [1.29, 1.82) is 0 Å². The summed E-state index contributed by atoms with van der Waals surface area (Å²) in [5.41, 5.74) is 0.436. The topological polar surface area (TPSA) is 58.9 Å². The fraction of sp³-hybridized carbons (Fsp3) is 0.125. The monoisotopic (exact) mass is 179 g/mol. The van der Waals surface area contributed by atoms with Crippen LogP contribution in [0.15, 0.2) is 12.3 Å². The lowest BCUT2D eigenvalue weighted by Gasteiger charge is -1.99. The summed E-state index contributed by atoms with van der Waals surface area (Å²) in [6.45, 7) is 1.64. The van der Waals surface area contributed by atoms with E-state index >= 15 is 0 Å². The quantitative estimate of drug-likeness (QED) is 0.617. The van der Waals surface area contributed by atoms with Crippen molar-refractivity contribution in [2.45, 2.75) is 6.92 Å². The number of hydrogen-bond acceptors (Lipinski definition) is 4. The largest absolute Gasteiger partial charge is 0.493 e. The molecule has 5 heteroatoms. The highest BCUT2D eigenvalue weighted by Gasteiger charge is 2.05. The van der Waals surface area contributed by atoms with Crippen molar-refractivity contribution in [2.75, 3.05) is 0 Å². The summed E-state index contributed by atoms with van der Waals surface area (Å²) in [7, 11) is 0. The van der Waals surface area contributed by atoms with Crippen LogP contribution in [0.3, 0.4) is 0 Å². The van der Waals surface area contributed by atoms with Gasteiger partial charge in [-0.05, 0) is 6.92 Å². The standard InChI is InChI=1S/C8H6FN3O/c1-4-11-6-3-10-7(9)2-5(6)8(13)12-4/h2-3H,1H3,(H,11,12,13). The molecule has 13 heavy (non-hydrogen) atoms. The van der Waals surface area contributed by atoms with E-state index in [-0.39, 0.29) is 11.3 Å². The predicted molar refractivity (Wildman–Crippen MR) is 43.7 cm³/mol. The summed E-state index contributed by atoms with van der Waals surface area (Å²) < 4.78 is 12.6. The predicted octanol–water partition coefficient (Wildman–Crippen LogP) is 1.18. The summed E-state index contributed by atoms with van der Waals surface area (Å²) in [5.74, 6) is -0.447. The molecule has 4 nitrogen and oxygen atoms in total. The normalized spacial score (nSPS) is 10.6. The number of rotatable bonds is 0. The molecule has 0 bridgehead atoms. The molecular weight excluding hydrogens is 173 g/mol. The van der Waals surface area contributed by atoms with Crippen LogP contribution in [-0.2, 0) is 0 Å². The second kappa shape index (κ2) is 2.62. The van der Waals surface area contributed by atoms with Gasteiger partial charge in [0.1, 0.15) is 5.82 Å². The number of halogens is 1. The third kappa shape index (κ3) is 1.28. The number of hydrogen-bond donors (Lipinski definition) is 1. The Morgan fingerprint density at radius 1 is 1.38 bits per heavy atom. The lowest BCUT2D eigenvalue weighted by Crippen LogP contribution is -1.91. The first-order chi connectivity index (χ1) is 6.16. The summed E-state index contributed by atoms with van der Waals surface area (Å²) in [6.07, 6.45) is 1.26. The van der Waals surface area contributed by atoms with Crippen molar-refractivity contribution >= 4 is 10.9 Å². The molecule has 0 spiro atoms. The van der Waals surface area contributed by atoms with Crippen molar-refractivity contribution in [2.24, 2.45) is 0 Å². The van der Waals surface area contributed by atoms with Crippen LogP contribution in [0.2, 0.25) is 0 Å². The Kier molecular flexibility index (Phi) is 1.58. The minimum atomic E-state index is -0.657. The number of fused-ring (bicyclic) bond motifs is 1. The van der Waals surface area contributed by atoms with Gasteiger partial charge in [-0.1, -0.05) is 0 Å². The van der Waals surface area contributed by atoms with Crippen LogP contribution < -0.4 is 0 Å². The van der Waals surface area contributed by atoms with E-state index in [9.17, 15) is 9.50 Å². The molecule has 2 heterocycles. The first-order valence-electron chi connectivity index (χ1n) is 3.65. The van der Waals surface area contributed by atoms with E-state index in [1.54, 1.807) is 6.92 Å². The Hall–Kier alpha value is -1.78. The summed E-state index contributed by atoms with van der Waals surface area (Å²) in [4.78, 5) is 11.1. The van der Waals surface area contributed by atoms with E-state index in [1.165, 1.54) is 6.20 Å². The SMILES string of the molecule is Cc1nc(O)c2cc(F)ncc2n1. The zero-order valence-corrected chi connectivity index (χ0v) is 6.82. The third-order valence-corrected chi connectivity index (χ3v) is 1.64. The molecular formula is C8H6FN3O. The third-order valence-electron chi connectivity index (χ3n) is 1.64. The minimum absolute atomic E-state index is 0.219. The highest BCUT2D eigenvalue weighted by Crippen LogP contribution is 2.20. The van der Waals surface area contributed by atoms with E-state index < -0.39 is 5.95 Å². The Bertz CT molecular complexity index is 472. The molecule has 2 aromatic heterocycles. The summed E-state index contributed by atoms with van der Waals surface area (Å²) in [6, 6.07) is 1.10. The minimum Gasteiger partial charge on any atom is -0.493 e. The van der Waals surface area contributed by atoms with Gasteiger partial charge in [0.25, 0.3) is 0 Å². The lowest BCUT2D eigenvalue weighted by molar-refractivity contribution is 0.457. The van der Waals surface area contributed by atoms with Crippen molar-refractivity contribution < 1.29 is 9.50 Å². The van der Waals surface area contributed by atoms with Gasteiger partial charge in [-0.2, -0.15) is 9.37 Å². The zero-order valence-electron chi connectivity index (χ0n) is 6.82. The molecule has 0 unspecified atom stereocenters. The molecule has 0 fully saturated rings. The van der Waals surface area contributed by atoms with Gasteiger partial charge in [0.2, 0.25) is 11.8 Å². The molecule has 0 aliphatic heterocycles.